The summed E-state index contributed by atoms with van der Waals surface area (Å²) >= 11 is 0. The molecule has 1 amide bonds. The highest BCUT2D eigenvalue weighted by Crippen LogP contribution is 2.37. The first kappa shape index (κ1) is 28.7. The van der Waals surface area contributed by atoms with Gasteiger partial charge in [0, 0.05) is 64.0 Å². The number of hydrogen-bond acceptors (Lipinski definition) is 3. The third kappa shape index (κ3) is 7.41. The molecule has 3 aromatic rings. The van der Waals surface area contributed by atoms with Gasteiger partial charge in [-0.3, -0.25) is 9.69 Å². The van der Waals surface area contributed by atoms with E-state index in [4.69, 9.17) is 0 Å². The number of rotatable bonds is 9. The summed E-state index contributed by atoms with van der Waals surface area (Å²) < 4.78 is 40.8. The molecule has 0 aromatic heterocycles. The molecule has 39 heavy (non-hydrogen) atoms. The van der Waals surface area contributed by atoms with E-state index < -0.39 is 11.7 Å². The van der Waals surface area contributed by atoms with Crippen molar-refractivity contribution in [3.63, 3.8) is 0 Å². The predicted molar refractivity (Wildman–Crippen MR) is 151 cm³/mol. The van der Waals surface area contributed by atoms with Gasteiger partial charge in [-0.05, 0) is 53.3 Å². The van der Waals surface area contributed by atoms with Crippen LogP contribution in [0.1, 0.15) is 46.8 Å². The summed E-state index contributed by atoms with van der Waals surface area (Å²) in [5.74, 6) is 0.106. The minimum Gasteiger partial charge on any atom is -0.378 e. The highest BCUT2D eigenvalue weighted by Gasteiger charge is 2.38. The molecule has 208 valence electrons. The van der Waals surface area contributed by atoms with Gasteiger partial charge in [-0.15, -0.1) is 0 Å². The summed E-state index contributed by atoms with van der Waals surface area (Å²) in [7, 11) is 4.00. The van der Waals surface area contributed by atoms with Crippen LogP contribution in [0.25, 0.3) is 0 Å². The van der Waals surface area contributed by atoms with Gasteiger partial charge in [0.15, 0.2) is 0 Å². The summed E-state index contributed by atoms with van der Waals surface area (Å²) in [6, 6.07) is 23.3. The van der Waals surface area contributed by atoms with E-state index in [0.717, 1.165) is 17.3 Å². The molecule has 1 fully saturated rings. The van der Waals surface area contributed by atoms with Gasteiger partial charge in [-0.25, -0.2) is 0 Å². The lowest BCUT2D eigenvalue weighted by atomic mass is 9.87. The number of amides is 1. The predicted octanol–water partition coefficient (Wildman–Crippen LogP) is 6.79. The Morgan fingerprint density at radius 1 is 0.949 bits per heavy atom. The minimum absolute atomic E-state index is 0.000874. The molecule has 1 aliphatic heterocycles. The fraction of sp³-hybridized carbons (Fsp3) is 0.406. The van der Waals surface area contributed by atoms with Crippen LogP contribution in [0, 0.1) is 11.8 Å². The zero-order chi connectivity index (χ0) is 28.2. The number of anilines is 1. The van der Waals surface area contributed by atoms with E-state index in [2.05, 4.69) is 43.0 Å². The lowest BCUT2D eigenvalue weighted by molar-refractivity contribution is -0.137. The van der Waals surface area contributed by atoms with E-state index in [1.54, 1.807) is 6.07 Å². The smallest absolute Gasteiger partial charge is 0.378 e. The fourth-order valence-corrected chi connectivity index (χ4v) is 5.48. The lowest BCUT2D eigenvalue weighted by Gasteiger charge is -2.30. The van der Waals surface area contributed by atoms with Gasteiger partial charge in [-0.1, -0.05) is 62.4 Å². The Labute approximate surface area is 230 Å². The molecule has 2 unspecified atom stereocenters. The summed E-state index contributed by atoms with van der Waals surface area (Å²) in [6.45, 7) is 7.27. The van der Waals surface area contributed by atoms with E-state index in [-0.39, 0.29) is 23.7 Å². The molecule has 1 aliphatic rings. The molecule has 0 radical (unpaired) electrons. The van der Waals surface area contributed by atoms with Crippen LogP contribution in [0.5, 0.6) is 0 Å². The van der Waals surface area contributed by atoms with Crippen molar-refractivity contribution in [1.82, 2.24) is 9.80 Å². The fourth-order valence-electron chi connectivity index (χ4n) is 5.48. The molecule has 0 saturated carbocycles. The normalized spacial score (nSPS) is 17.9. The SMILES string of the molecule is CC(C)CN(CC1CN(Cc2ccc(N(C)C)cc2)CC1c1cccc(C(F)(F)F)c1)C(=O)c1ccccc1. The average molecular weight is 538 g/mol. The van der Waals surface area contributed by atoms with Crippen molar-refractivity contribution >= 4 is 11.6 Å². The van der Waals surface area contributed by atoms with Crippen LogP contribution in [-0.2, 0) is 12.7 Å². The molecule has 4 nitrogen and oxygen atoms in total. The quantitative estimate of drug-likeness (QED) is 0.301. The number of carbonyl (C=O) groups is 1. The highest BCUT2D eigenvalue weighted by atomic mass is 19.4. The van der Waals surface area contributed by atoms with Crippen LogP contribution in [0.15, 0.2) is 78.9 Å². The summed E-state index contributed by atoms with van der Waals surface area (Å²) in [5, 5.41) is 0. The topological polar surface area (TPSA) is 26.8 Å². The van der Waals surface area contributed by atoms with Crippen LogP contribution < -0.4 is 4.90 Å². The molecule has 2 atom stereocenters. The zero-order valence-electron chi connectivity index (χ0n) is 23.2. The summed E-state index contributed by atoms with van der Waals surface area (Å²) in [6.07, 6.45) is -4.40. The Balaban J connectivity index is 1.61. The van der Waals surface area contributed by atoms with E-state index in [1.165, 1.54) is 12.1 Å². The highest BCUT2D eigenvalue weighted by molar-refractivity contribution is 5.94. The van der Waals surface area contributed by atoms with E-state index >= 15 is 0 Å². The Morgan fingerprint density at radius 3 is 2.26 bits per heavy atom. The average Bonchev–Trinajstić information content (AvgIpc) is 3.30. The molecule has 0 N–H and O–H groups in total. The maximum atomic E-state index is 13.6. The molecule has 3 aromatic carbocycles. The first-order valence-corrected chi connectivity index (χ1v) is 13.5. The molecular formula is C32H38F3N3O. The zero-order valence-corrected chi connectivity index (χ0v) is 23.2. The monoisotopic (exact) mass is 537 g/mol. The van der Waals surface area contributed by atoms with E-state index in [1.807, 2.05) is 54.2 Å². The van der Waals surface area contributed by atoms with Gasteiger partial charge in [0.05, 0.1) is 5.56 Å². The third-order valence-corrected chi connectivity index (χ3v) is 7.37. The third-order valence-electron chi connectivity index (χ3n) is 7.37. The molecule has 7 heteroatoms. The number of likely N-dealkylation sites (tertiary alicyclic amines) is 1. The molecule has 1 saturated heterocycles. The Kier molecular flexibility index (Phi) is 9.01. The number of benzene rings is 3. The van der Waals surface area contributed by atoms with Crippen molar-refractivity contribution in [3.05, 3.63) is 101 Å². The van der Waals surface area contributed by atoms with Crippen LogP contribution in [-0.4, -0.2) is 56.0 Å². The molecule has 1 heterocycles. The van der Waals surface area contributed by atoms with Gasteiger partial charge in [0.25, 0.3) is 5.91 Å². The standard InChI is InChI=1S/C32H38F3N3O/c1-23(2)18-38(31(39)25-9-6-5-7-10-25)21-27-20-37(19-24-13-15-29(16-14-24)36(3)4)22-30(27)26-11-8-12-28(17-26)32(33,34)35/h5-17,23,27,30H,18-22H2,1-4H3. The maximum Gasteiger partial charge on any atom is 0.416 e. The van der Waals surface area contributed by atoms with Gasteiger partial charge in [0.2, 0.25) is 0 Å². The van der Waals surface area contributed by atoms with Crippen molar-refractivity contribution in [1.29, 1.82) is 0 Å². The Morgan fingerprint density at radius 2 is 1.64 bits per heavy atom. The van der Waals surface area contributed by atoms with Gasteiger partial charge in [0.1, 0.15) is 0 Å². The number of carbonyl (C=O) groups excluding carboxylic acids is 1. The first-order valence-electron chi connectivity index (χ1n) is 13.5. The first-order chi connectivity index (χ1) is 18.5. The molecular weight excluding hydrogens is 499 g/mol. The van der Waals surface area contributed by atoms with Crippen molar-refractivity contribution in [2.75, 3.05) is 45.2 Å². The van der Waals surface area contributed by atoms with Crippen LogP contribution in [0.2, 0.25) is 0 Å². The second kappa shape index (κ2) is 12.2. The number of nitrogens with zero attached hydrogens (tertiary/aromatic N) is 3. The van der Waals surface area contributed by atoms with Crippen molar-refractivity contribution in [2.45, 2.75) is 32.5 Å². The van der Waals surface area contributed by atoms with Crippen LogP contribution in [0.4, 0.5) is 18.9 Å². The minimum atomic E-state index is -4.40. The van der Waals surface area contributed by atoms with Crippen LogP contribution in [0.3, 0.4) is 0 Å². The van der Waals surface area contributed by atoms with Crippen molar-refractivity contribution in [2.24, 2.45) is 11.8 Å². The number of halogens is 3. The number of hydrogen-bond donors (Lipinski definition) is 0. The molecule has 0 bridgehead atoms. The second-order valence-electron chi connectivity index (χ2n) is 11.2. The van der Waals surface area contributed by atoms with E-state index in [0.29, 0.717) is 43.9 Å². The summed E-state index contributed by atoms with van der Waals surface area (Å²) in [5.41, 5.74) is 2.95. The molecule has 0 aliphatic carbocycles. The molecule has 4 rings (SSSR count). The largest absolute Gasteiger partial charge is 0.416 e. The lowest BCUT2D eigenvalue weighted by Crippen LogP contribution is -2.39. The second-order valence-corrected chi connectivity index (χ2v) is 11.2. The van der Waals surface area contributed by atoms with Gasteiger partial charge >= 0.3 is 6.18 Å². The van der Waals surface area contributed by atoms with E-state index in [9.17, 15) is 18.0 Å². The maximum absolute atomic E-state index is 13.6. The van der Waals surface area contributed by atoms with Crippen molar-refractivity contribution < 1.29 is 18.0 Å². The number of alkyl halides is 3. The molecule has 0 spiro atoms. The van der Waals surface area contributed by atoms with Gasteiger partial charge in [-0.2, -0.15) is 13.2 Å². The van der Waals surface area contributed by atoms with Gasteiger partial charge < -0.3 is 9.80 Å². The Bertz CT molecular complexity index is 1230. The van der Waals surface area contributed by atoms with Crippen LogP contribution >= 0.6 is 0 Å². The van der Waals surface area contributed by atoms with Crippen molar-refractivity contribution in [3.8, 4) is 0 Å². The summed E-state index contributed by atoms with van der Waals surface area (Å²) in [4.78, 5) is 19.8. The Hall–Kier alpha value is -3.32.